The fraction of sp³-hybridized carbons (Fsp3) is 0. The number of nitrogens with two attached hydrogens (primary N) is 2. The Balaban J connectivity index is 2.37. The van der Waals surface area contributed by atoms with Crippen LogP contribution >= 0.6 is 0 Å². The van der Waals surface area contributed by atoms with Crippen LogP contribution in [0.5, 0.6) is 0 Å². The molecule has 0 aliphatic heterocycles. The number of nitrogens with one attached hydrogen (secondary N) is 1. The molecule has 86 valence electrons. The van der Waals surface area contributed by atoms with Gasteiger partial charge in [-0.15, -0.1) is 0 Å². The molecule has 2 aromatic rings. The molecule has 0 saturated carbocycles. The van der Waals surface area contributed by atoms with Crippen LogP contribution in [0.15, 0.2) is 40.1 Å². The van der Waals surface area contributed by atoms with Gasteiger partial charge < -0.3 is 11.5 Å². The Morgan fingerprint density at radius 3 is 2.59 bits per heavy atom. The molecule has 0 bridgehead atoms. The van der Waals surface area contributed by atoms with E-state index < -0.39 is 5.56 Å². The molecule has 1 aromatic carbocycles. The molecule has 1 aromatic heterocycles. The van der Waals surface area contributed by atoms with Gasteiger partial charge >= 0.3 is 0 Å². The van der Waals surface area contributed by atoms with E-state index in [1.54, 1.807) is 6.21 Å². The van der Waals surface area contributed by atoms with Gasteiger partial charge in [0.2, 0.25) is 5.95 Å². The lowest BCUT2D eigenvalue weighted by molar-refractivity contribution is 1.14. The summed E-state index contributed by atoms with van der Waals surface area (Å²) in [5, 5.41) is 0. The summed E-state index contributed by atoms with van der Waals surface area (Å²) < 4.78 is 0. The van der Waals surface area contributed by atoms with E-state index in [4.69, 9.17) is 11.5 Å². The number of rotatable bonds is 2. The molecule has 0 saturated heterocycles. The first-order valence-corrected chi connectivity index (χ1v) is 4.91. The Hall–Kier alpha value is -2.63. The number of aliphatic imine (C=N–C) groups is 1. The lowest BCUT2D eigenvalue weighted by Gasteiger charge is -1.99. The minimum Gasteiger partial charge on any atom is -0.382 e. The Morgan fingerprint density at radius 2 is 1.94 bits per heavy atom. The van der Waals surface area contributed by atoms with E-state index >= 15 is 0 Å². The Morgan fingerprint density at radius 1 is 1.24 bits per heavy atom. The van der Waals surface area contributed by atoms with E-state index in [-0.39, 0.29) is 17.5 Å². The van der Waals surface area contributed by atoms with Crippen LogP contribution in [0.4, 0.5) is 17.5 Å². The number of hydrogen-bond donors (Lipinski definition) is 3. The van der Waals surface area contributed by atoms with Crippen LogP contribution in [-0.4, -0.2) is 16.2 Å². The first kappa shape index (κ1) is 10.9. The van der Waals surface area contributed by atoms with Gasteiger partial charge in [-0.2, -0.15) is 4.98 Å². The SMILES string of the molecule is Nc1nc(N)c(N=Cc2ccccc2)c(=O)[nH]1. The van der Waals surface area contributed by atoms with E-state index in [9.17, 15) is 4.79 Å². The van der Waals surface area contributed by atoms with Crippen LogP contribution in [0.1, 0.15) is 5.56 Å². The third-order valence-electron chi connectivity index (χ3n) is 2.08. The molecular formula is C11H11N5O. The monoisotopic (exact) mass is 229 g/mol. The van der Waals surface area contributed by atoms with Crippen LogP contribution in [-0.2, 0) is 0 Å². The Kier molecular flexibility index (Phi) is 2.87. The molecular weight excluding hydrogens is 218 g/mol. The number of nitrogens with zero attached hydrogens (tertiary/aromatic N) is 2. The Labute approximate surface area is 97.0 Å². The molecule has 0 atom stereocenters. The molecule has 0 spiro atoms. The second kappa shape index (κ2) is 4.48. The van der Waals surface area contributed by atoms with Crippen LogP contribution in [0.25, 0.3) is 0 Å². The summed E-state index contributed by atoms with van der Waals surface area (Å²) in [6.07, 6.45) is 1.54. The number of anilines is 2. The predicted octanol–water partition coefficient (Wildman–Crippen LogP) is 0.685. The number of nitrogen functional groups attached to an aromatic ring is 2. The van der Waals surface area contributed by atoms with Gasteiger partial charge in [-0.1, -0.05) is 30.3 Å². The van der Waals surface area contributed by atoms with Crippen molar-refractivity contribution in [2.75, 3.05) is 11.5 Å². The van der Waals surface area contributed by atoms with Gasteiger partial charge in [0.25, 0.3) is 5.56 Å². The van der Waals surface area contributed by atoms with E-state index in [1.807, 2.05) is 30.3 Å². The third kappa shape index (κ3) is 2.49. The number of aromatic nitrogens is 2. The summed E-state index contributed by atoms with van der Waals surface area (Å²) in [4.78, 5) is 21.6. The van der Waals surface area contributed by atoms with Crippen molar-refractivity contribution in [2.24, 2.45) is 4.99 Å². The highest BCUT2D eigenvalue weighted by molar-refractivity contribution is 5.83. The predicted molar refractivity (Wildman–Crippen MR) is 67.4 cm³/mol. The highest BCUT2D eigenvalue weighted by atomic mass is 16.1. The molecule has 0 fully saturated rings. The second-order valence-corrected chi connectivity index (χ2v) is 3.35. The summed E-state index contributed by atoms with van der Waals surface area (Å²) >= 11 is 0. The van der Waals surface area contributed by atoms with Crippen molar-refractivity contribution in [1.29, 1.82) is 0 Å². The van der Waals surface area contributed by atoms with Gasteiger partial charge in [0, 0.05) is 6.21 Å². The van der Waals surface area contributed by atoms with Gasteiger partial charge in [0.1, 0.15) is 0 Å². The summed E-state index contributed by atoms with van der Waals surface area (Å²) in [5.74, 6) is -0.00964. The van der Waals surface area contributed by atoms with Crippen molar-refractivity contribution in [3.63, 3.8) is 0 Å². The smallest absolute Gasteiger partial charge is 0.280 e. The van der Waals surface area contributed by atoms with Crippen molar-refractivity contribution in [2.45, 2.75) is 0 Å². The molecule has 17 heavy (non-hydrogen) atoms. The van der Waals surface area contributed by atoms with Crippen molar-refractivity contribution in [3.05, 3.63) is 46.2 Å². The third-order valence-corrected chi connectivity index (χ3v) is 2.08. The fourth-order valence-corrected chi connectivity index (χ4v) is 1.31. The van der Waals surface area contributed by atoms with E-state index in [2.05, 4.69) is 15.0 Å². The first-order chi connectivity index (χ1) is 8.16. The molecule has 0 unspecified atom stereocenters. The van der Waals surface area contributed by atoms with Crippen LogP contribution in [0.2, 0.25) is 0 Å². The lowest BCUT2D eigenvalue weighted by Crippen LogP contribution is -2.13. The zero-order valence-corrected chi connectivity index (χ0v) is 8.92. The average Bonchev–Trinajstić information content (AvgIpc) is 2.29. The highest BCUT2D eigenvalue weighted by Gasteiger charge is 2.04. The van der Waals surface area contributed by atoms with E-state index in [0.717, 1.165) is 5.56 Å². The zero-order valence-electron chi connectivity index (χ0n) is 8.92. The molecule has 1 heterocycles. The van der Waals surface area contributed by atoms with Gasteiger partial charge in [-0.25, -0.2) is 4.99 Å². The first-order valence-electron chi connectivity index (χ1n) is 4.91. The van der Waals surface area contributed by atoms with E-state index in [0.29, 0.717) is 0 Å². The average molecular weight is 229 g/mol. The number of benzene rings is 1. The van der Waals surface area contributed by atoms with Crippen molar-refractivity contribution >= 4 is 23.7 Å². The molecule has 0 radical (unpaired) electrons. The topological polar surface area (TPSA) is 110 Å². The molecule has 2 rings (SSSR count). The van der Waals surface area contributed by atoms with Gasteiger partial charge in [-0.05, 0) is 5.56 Å². The number of hydrogen-bond acceptors (Lipinski definition) is 5. The lowest BCUT2D eigenvalue weighted by atomic mass is 10.2. The summed E-state index contributed by atoms with van der Waals surface area (Å²) in [5.41, 5.74) is 11.4. The van der Waals surface area contributed by atoms with Crippen molar-refractivity contribution in [3.8, 4) is 0 Å². The minimum absolute atomic E-state index is 0.0124. The standard InChI is InChI=1S/C11H11N5O/c12-9-8(10(17)16-11(13)15-9)14-6-7-4-2-1-3-5-7/h1-6H,(H5,12,13,15,16,17). The molecule has 0 aliphatic carbocycles. The number of H-pyrrole nitrogens is 1. The quantitative estimate of drug-likeness (QED) is 0.658. The second-order valence-electron chi connectivity index (χ2n) is 3.35. The van der Waals surface area contributed by atoms with Gasteiger partial charge in [0.05, 0.1) is 0 Å². The van der Waals surface area contributed by atoms with Gasteiger partial charge in [0.15, 0.2) is 11.5 Å². The van der Waals surface area contributed by atoms with Crippen molar-refractivity contribution < 1.29 is 0 Å². The largest absolute Gasteiger partial charge is 0.382 e. The van der Waals surface area contributed by atoms with Crippen molar-refractivity contribution in [1.82, 2.24) is 9.97 Å². The molecule has 0 aliphatic rings. The maximum atomic E-state index is 11.5. The van der Waals surface area contributed by atoms with Gasteiger partial charge in [-0.3, -0.25) is 9.78 Å². The van der Waals surface area contributed by atoms with Crippen LogP contribution < -0.4 is 17.0 Å². The maximum Gasteiger partial charge on any atom is 0.280 e. The summed E-state index contributed by atoms with van der Waals surface area (Å²) in [6, 6.07) is 9.35. The summed E-state index contributed by atoms with van der Waals surface area (Å²) in [7, 11) is 0. The molecule has 5 N–H and O–H groups in total. The van der Waals surface area contributed by atoms with E-state index in [1.165, 1.54) is 0 Å². The normalized spacial score (nSPS) is 10.8. The highest BCUT2D eigenvalue weighted by Crippen LogP contribution is 2.13. The Bertz CT molecular complexity index is 603. The molecule has 6 nitrogen and oxygen atoms in total. The molecule has 0 amide bonds. The van der Waals surface area contributed by atoms with Crippen LogP contribution in [0, 0.1) is 0 Å². The minimum atomic E-state index is -0.456. The van der Waals surface area contributed by atoms with Crippen LogP contribution in [0.3, 0.4) is 0 Å². The fourth-order valence-electron chi connectivity index (χ4n) is 1.31. The zero-order chi connectivity index (χ0) is 12.3. The summed E-state index contributed by atoms with van der Waals surface area (Å²) in [6.45, 7) is 0. The number of aromatic amines is 1. The maximum absolute atomic E-state index is 11.5. The molecule has 6 heteroatoms.